The maximum Gasteiger partial charge on any atom is 0.164 e. The van der Waals surface area contributed by atoms with E-state index in [1.54, 1.807) is 11.8 Å². The fourth-order valence-corrected chi connectivity index (χ4v) is 7.71. The first-order valence-electron chi connectivity index (χ1n) is 15.3. The minimum atomic E-state index is -0.183. The van der Waals surface area contributed by atoms with Gasteiger partial charge in [0.15, 0.2) is 17.5 Å². The molecule has 6 aromatic carbocycles. The Bertz CT molecular complexity index is 2320. The molecule has 1 aliphatic rings. The molecule has 1 aliphatic heterocycles. The van der Waals surface area contributed by atoms with Crippen molar-refractivity contribution < 1.29 is 0 Å². The summed E-state index contributed by atoms with van der Waals surface area (Å²) >= 11 is 1.74. The van der Waals surface area contributed by atoms with Crippen LogP contribution in [0, 0.1) is 11.3 Å². The second kappa shape index (κ2) is 11.1. The summed E-state index contributed by atoms with van der Waals surface area (Å²) in [6.45, 7) is 4.53. The van der Waals surface area contributed by atoms with Gasteiger partial charge in [0, 0.05) is 31.9 Å². The smallest absolute Gasteiger partial charge is 0.164 e. The average molecular weight is 609 g/mol. The lowest BCUT2D eigenvalue weighted by atomic mass is 9.76. The van der Waals surface area contributed by atoms with Crippen LogP contribution in [-0.4, -0.2) is 15.0 Å². The number of aromatic nitrogens is 3. The molecule has 0 N–H and O–H groups in total. The van der Waals surface area contributed by atoms with Crippen molar-refractivity contribution in [3.05, 3.63) is 150 Å². The van der Waals surface area contributed by atoms with Crippen molar-refractivity contribution in [3.63, 3.8) is 0 Å². The molecule has 218 valence electrons. The van der Waals surface area contributed by atoms with Gasteiger partial charge in [-0.1, -0.05) is 135 Å². The van der Waals surface area contributed by atoms with E-state index < -0.39 is 0 Å². The number of benzene rings is 6. The van der Waals surface area contributed by atoms with E-state index >= 15 is 0 Å². The molecule has 5 heteroatoms. The summed E-state index contributed by atoms with van der Waals surface area (Å²) in [5.41, 5.74) is 7.69. The van der Waals surface area contributed by atoms with E-state index in [2.05, 4.69) is 98.8 Å². The number of hydrogen-bond acceptors (Lipinski definition) is 5. The quantitative estimate of drug-likeness (QED) is 0.199. The van der Waals surface area contributed by atoms with Gasteiger partial charge in [0.05, 0.1) is 11.6 Å². The standard InChI is InChI=1S/C41H28N4S/c1-41(2)34-14-8-9-15-36(34)46-37-23-32(25-42)33(24-35(37)41)27-17-19-29(20-18-27)39-43-38(28-11-4-3-5-12-28)44-40(45-39)31-21-16-26-10-6-7-13-30(26)22-31/h3-24H,1-2H3. The largest absolute Gasteiger partial charge is 0.208 e. The summed E-state index contributed by atoms with van der Waals surface area (Å²) in [5, 5.41) is 12.5. The van der Waals surface area contributed by atoms with Crippen LogP contribution in [0.1, 0.15) is 30.5 Å². The molecule has 0 radical (unpaired) electrons. The van der Waals surface area contributed by atoms with Gasteiger partial charge in [-0.2, -0.15) is 5.26 Å². The Balaban J connectivity index is 1.21. The molecule has 8 rings (SSSR count). The van der Waals surface area contributed by atoms with Gasteiger partial charge in [0.1, 0.15) is 0 Å². The molecule has 46 heavy (non-hydrogen) atoms. The van der Waals surface area contributed by atoms with Crippen LogP contribution in [0.15, 0.2) is 143 Å². The summed E-state index contributed by atoms with van der Waals surface area (Å²) in [6.07, 6.45) is 0. The maximum absolute atomic E-state index is 10.2. The Morgan fingerprint density at radius 3 is 1.85 bits per heavy atom. The van der Waals surface area contributed by atoms with E-state index in [0.717, 1.165) is 38.1 Å². The second-order valence-electron chi connectivity index (χ2n) is 12.0. The molecule has 0 saturated carbocycles. The van der Waals surface area contributed by atoms with Crippen molar-refractivity contribution in [1.82, 2.24) is 15.0 Å². The summed E-state index contributed by atoms with van der Waals surface area (Å²) in [7, 11) is 0. The highest BCUT2D eigenvalue weighted by Gasteiger charge is 2.33. The van der Waals surface area contributed by atoms with Gasteiger partial charge in [0.2, 0.25) is 0 Å². The molecule has 0 unspecified atom stereocenters. The topological polar surface area (TPSA) is 62.5 Å². The molecule has 0 fully saturated rings. The van der Waals surface area contributed by atoms with Crippen LogP contribution in [0.2, 0.25) is 0 Å². The van der Waals surface area contributed by atoms with E-state index in [9.17, 15) is 5.26 Å². The second-order valence-corrected chi connectivity index (χ2v) is 13.1. The Morgan fingerprint density at radius 2 is 1.11 bits per heavy atom. The Labute approximate surface area is 272 Å². The third-order valence-corrected chi connectivity index (χ3v) is 9.96. The highest BCUT2D eigenvalue weighted by atomic mass is 32.2. The average Bonchev–Trinajstić information content (AvgIpc) is 3.11. The van der Waals surface area contributed by atoms with Crippen molar-refractivity contribution >= 4 is 22.5 Å². The summed E-state index contributed by atoms with van der Waals surface area (Å²) in [5.74, 6) is 1.85. The first-order valence-corrected chi connectivity index (χ1v) is 16.1. The molecule has 4 nitrogen and oxygen atoms in total. The summed E-state index contributed by atoms with van der Waals surface area (Å²) in [6, 6.07) is 48.1. The zero-order valence-electron chi connectivity index (χ0n) is 25.4. The Kier molecular flexibility index (Phi) is 6.74. The summed E-state index contributed by atoms with van der Waals surface area (Å²) < 4.78 is 0. The van der Waals surface area contributed by atoms with Gasteiger partial charge in [-0.3, -0.25) is 0 Å². The Hall–Kier alpha value is -5.57. The van der Waals surface area contributed by atoms with Crippen molar-refractivity contribution in [2.75, 3.05) is 0 Å². The SMILES string of the molecule is CC1(C)c2ccccc2Sc2cc(C#N)c(-c3ccc(-c4nc(-c5ccccc5)nc(-c5ccc6ccccc6c5)n4)cc3)cc21. The zero-order chi connectivity index (χ0) is 31.3. The molecule has 1 aromatic heterocycles. The van der Waals surface area contributed by atoms with Gasteiger partial charge in [-0.15, -0.1) is 0 Å². The molecular weight excluding hydrogens is 581 g/mol. The van der Waals surface area contributed by atoms with E-state index in [4.69, 9.17) is 15.0 Å². The lowest BCUT2D eigenvalue weighted by molar-refractivity contribution is 0.607. The minimum Gasteiger partial charge on any atom is -0.208 e. The Morgan fingerprint density at radius 1 is 0.522 bits per heavy atom. The predicted molar refractivity (Wildman–Crippen MR) is 186 cm³/mol. The predicted octanol–water partition coefficient (Wildman–Crippen LogP) is 10.4. The molecule has 0 bridgehead atoms. The van der Waals surface area contributed by atoms with E-state index in [0.29, 0.717) is 23.0 Å². The molecule has 0 spiro atoms. The van der Waals surface area contributed by atoms with Crippen LogP contribution in [0.5, 0.6) is 0 Å². The monoisotopic (exact) mass is 608 g/mol. The van der Waals surface area contributed by atoms with Crippen molar-refractivity contribution in [2.45, 2.75) is 29.1 Å². The normalized spacial score (nSPS) is 13.1. The fourth-order valence-electron chi connectivity index (χ4n) is 6.30. The molecule has 7 aromatic rings. The first-order chi connectivity index (χ1) is 22.5. The number of fused-ring (bicyclic) bond motifs is 3. The fraction of sp³-hybridized carbons (Fsp3) is 0.0732. The highest BCUT2D eigenvalue weighted by Crippen LogP contribution is 2.50. The maximum atomic E-state index is 10.2. The van der Waals surface area contributed by atoms with Gasteiger partial charge < -0.3 is 0 Å². The lowest BCUT2D eigenvalue weighted by Gasteiger charge is -2.35. The number of hydrogen-bond donors (Lipinski definition) is 0. The first kappa shape index (κ1) is 27.9. The molecule has 2 heterocycles. The van der Waals surface area contributed by atoms with E-state index in [1.165, 1.54) is 21.4 Å². The third-order valence-electron chi connectivity index (χ3n) is 8.82. The van der Waals surface area contributed by atoms with Crippen LogP contribution < -0.4 is 0 Å². The highest BCUT2D eigenvalue weighted by molar-refractivity contribution is 7.99. The van der Waals surface area contributed by atoms with Gasteiger partial charge in [0.25, 0.3) is 0 Å². The zero-order valence-corrected chi connectivity index (χ0v) is 26.2. The molecule has 0 atom stereocenters. The van der Waals surface area contributed by atoms with E-state index in [-0.39, 0.29) is 5.41 Å². The van der Waals surface area contributed by atoms with E-state index in [1.807, 2.05) is 54.6 Å². The van der Waals surface area contributed by atoms with Gasteiger partial charge in [-0.05, 0) is 57.3 Å². The lowest BCUT2D eigenvalue weighted by Crippen LogP contribution is -2.24. The molecule has 0 aliphatic carbocycles. The van der Waals surface area contributed by atoms with Crippen molar-refractivity contribution in [2.24, 2.45) is 0 Å². The van der Waals surface area contributed by atoms with Crippen LogP contribution in [0.25, 0.3) is 56.1 Å². The number of rotatable bonds is 4. The number of nitriles is 1. The minimum absolute atomic E-state index is 0.183. The van der Waals surface area contributed by atoms with Crippen LogP contribution >= 0.6 is 11.8 Å². The van der Waals surface area contributed by atoms with Crippen LogP contribution in [0.3, 0.4) is 0 Å². The number of nitrogens with zero attached hydrogens (tertiary/aromatic N) is 4. The molecule has 0 amide bonds. The third kappa shape index (κ3) is 4.84. The molecule has 0 saturated heterocycles. The van der Waals surface area contributed by atoms with Crippen LogP contribution in [-0.2, 0) is 5.41 Å². The van der Waals surface area contributed by atoms with Gasteiger partial charge >= 0.3 is 0 Å². The van der Waals surface area contributed by atoms with Gasteiger partial charge in [-0.25, -0.2) is 15.0 Å². The summed E-state index contributed by atoms with van der Waals surface area (Å²) in [4.78, 5) is 17.2. The molecular formula is C41H28N4S. The van der Waals surface area contributed by atoms with Crippen molar-refractivity contribution in [3.8, 4) is 51.4 Å². The van der Waals surface area contributed by atoms with Crippen LogP contribution in [0.4, 0.5) is 0 Å². The van der Waals surface area contributed by atoms with Crippen molar-refractivity contribution in [1.29, 1.82) is 5.26 Å².